The number of phosphoric acid groups is 1. The van der Waals surface area contributed by atoms with Crippen molar-refractivity contribution in [3.05, 3.63) is 240 Å². The van der Waals surface area contributed by atoms with E-state index < -0.39 is 165 Å². The first-order chi connectivity index (χ1) is 72.6. The van der Waals surface area contributed by atoms with Crippen molar-refractivity contribution in [2.75, 3.05) is 19.8 Å². The monoisotopic (exact) mass is 2140 g/mol. The van der Waals surface area contributed by atoms with Crippen LogP contribution in [-0.4, -0.2) is 150 Å². The molecule has 0 bridgehead atoms. The number of hydrogen-bond acceptors (Lipinski definition) is 24. The minimum absolute atomic E-state index is 0.0573. The van der Waals surface area contributed by atoms with Gasteiger partial charge in [0.1, 0.15) is 73.9 Å². The van der Waals surface area contributed by atoms with E-state index in [1.165, 1.54) is 82.1 Å². The average molecular weight is 2150 g/mol. The molecule has 2 fully saturated rings. The molecule has 0 aliphatic carbocycles. The molecule has 0 spiro atoms. The summed E-state index contributed by atoms with van der Waals surface area (Å²) in [5.41, 5.74) is 3.32. The number of carbonyl (C=O) groups excluding carboxylic acids is 7. The van der Waals surface area contributed by atoms with Crippen LogP contribution in [0, 0.1) is 0 Å². The van der Waals surface area contributed by atoms with Crippen molar-refractivity contribution < 1.29 is 114 Å². The summed E-state index contributed by atoms with van der Waals surface area (Å²) in [6, 6.07) is 57.4. The van der Waals surface area contributed by atoms with Crippen LogP contribution in [-0.2, 0) is 110 Å². The number of carbonyl (C=O) groups is 7. The predicted molar refractivity (Wildman–Crippen MR) is 580 cm³/mol. The number of benzene rings is 7. The zero-order valence-electron chi connectivity index (χ0n) is 88.3. The van der Waals surface area contributed by atoms with Crippen LogP contribution >= 0.6 is 42.6 Å². The molecule has 9 rings (SSSR count). The van der Waals surface area contributed by atoms with Crippen LogP contribution in [0.1, 0.15) is 351 Å². The smallest absolute Gasteiger partial charge is 0.462 e. The average Bonchev–Trinajstić information content (AvgIpc) is 0.786. The van der Waals surface area contributed by atoms with Crippen LogP contribution in [0.5, 0.6) is 11.5 Å². The standard InChI is InChI=1S/C119H166Cl3N2O24P/c1-5-9-13-17-21-25-26-30-34-38-63-81-104(126)140-100(80-58-37-33-29-24-20-16-12-8-4)84-106(128)144-113-108(124-117(131)139-90-119(120,121)122)116(142-102(89-138-118(132)137-87-93-68-50-41-51-69-93)111(113)148-149(133,146-96-74-59-44-60-75-96)147-97-76-61-45-62-77-97)136-88-101-109(129)112(143-105(127)83-99(135-86-92-66-48-40-49-67-92)79-57-36-32-28-23-19-15-11-7-3)107(114(141-101)115(130)145-110(94-70-52-42-53-71-94)95-72-54-43-55-73-95)123-103(125)82-98(134-85-91-64-46-39-47-65-91)78-56-35-31-27-22-18-14-10-6-2/h39-55,59-62,64-77,98-102,107-114,116,129H,5-38,56-58,63,78-90H2,1-4H3,(H,123,125)(H,124,131)/t98-,99-,100-,101-,102-,107-,108-,109-,111-,112-,113-,114+,116-/m1/s1. The Morgan fingerprint density at radius 1 is 0.383 bits per heavy atom. The first-order valence-corrected chi connectivity index (χ1v) is 57.9. The van der Waals surface area contributed by atoms with E-state index in [0.29, 0.717) is 55.2 Å². The summed E-state index contributed by atoms with van der Waals surface area (Å²) >= 11 is 19.0. The molecule has 2 amide bonds. The molecule has 30 heteroatoms. The number of para-hydroxylation sites is 2. The molecule has 26 nitrogen and oxygen atoms in total. The van der Waals surface area contributed by atoms with Gasteiger partial charge in [-0.05, 0) is 84.2 Å². The number of rotatable bonds is 77. The van der Waals surface area contributed by atoms with Crippen molar-refractivity contribution in [3.8, 4) is 11.5 Å². The van der Waals surface area contributed by atoms with E-state index in [0.717, 1.165) is 172 Å². The lowest BCUT2D eigenvalue weighted by atomic mass is 9.91. The first-order valence-electron chi connectivity index (χ1n) is 55.3. The lowest BCUT2D eigenvalue weighted by Gasteiger charge is -2.47. The quantitative estimate of drug-likeness (QED) is 0.0105. The van der Waals surface area contributed by atoms with Crippen LogP contribution in [0.15, 0.2) is 212 Å². The Labute approximate surface area is 900 Å². The maximum atomic E-state index is 16.4. The molecule has 0 radical (unpaired) electrons. The number of ether oxygens (including phenoxy) is 12. The van der Waals surface area contributed by atoms with Gasteiger partial charge in [0, 0.05) is 6.42 Å². The third kappa shape index (κ3) is 50.5. The molecule has 0 unspecified atom stereocenters. The summed E-state index contributed by atoms with van der Waals surface area (Å²) in [5.74, 6) is -4.44. The molecule has 149 heavy (non-hydrogen) atoms. The van der Waals surface area contributed by atoms with Gasteiger partial charge in [-0.3, -0.25) is 23.7 Å². The highest BCUT2D eigenvalue weighted by molar-refractivity contribution is 7.49. The van der Waals surface area contributed by atoms with Crippen molar-refractivity contribution in [1.29, 1.82) is 0 Å². The van der Waals surface area contributed by atoms with Gasteiger partial charge in [0.25, 0.3) is 0 Å². The Hall–Kier alpha value is -9.15. The van der Waals surface area contributed by atoms with E-state index in [2.05, 4.69) is 38.3 Å². The van der Waals surface area contributed by atoms with Crippen LogP contribution in [0.4, 0.5) is 9.59 Å². The summed E-state index contributed by atoms with van der Waals surface area (Å²) in [6.45, 7) is 5.91. The number of aliphatic hydroxyl groups is 1. The SMILES string of the molecule is CCCCCCCCCCCCCC(=O)O[C@H](CCCCCCCCCCC)CC(=O)O[C@@H]1[C@@H](NC(=O)OCC(Cl)(Cl)Cl)[C@H](OC[C@H]2O[C@H](C(=O)OC(c3ccccc3)c3ccccc3)[C@H](NC(=O)C[C@@H](CCCCCCCCCCC)OCc3ccccc3)[C@@H](OC(=O)C[C@@H](CCCCCCCCCCC)OCc3ccccc3)[C@@H]2O)O[C@H](COC(=O)OCc2ccccc2)[C@H]1OP(=O)(Oc1ccccc1)Oc1ccccc1. The van der Waals surface area contributed by atoms with E-state index in [-0.39, 0.29) is 57.0 Å². The maximum absolute atomic E-state index is 16.4. The van der Waals surface area contributed by atoms with Crippen molar-refractivity contribution >= 4 is 84.7 Å². The number of halogens is 3. The number of aliphatic hydroxyl groups excluding tert-OH is 1. The number of phosphoric ester groups is 1. The van der Waals surface area contributed by atoms with E-state index in [9.17, 15) is 14.7 Å². The molecule has 0 aromatic heterocycles. The molecule has 7 aromatic carbocycles. The lowest BCUT2D eigenvalue weighted by Crippen LogP contribution is -2.69. The molecule has 7 aromatic rings. The first kappa shape index (κ1) is 123. The third-order valence-corrected chi connectivity index (χ3v) is 28.4. The van der Waals surface area contributed by atoms with E-state index >= 15 is 28.5 Å². The topological polar surface area (TPSA) is 319 Å². The van der Waals surface area contributed by atoms with Crippen molar-refractivity contribution in [2.24, 2.45) is 0 Å². The van der Waals surface area contributed by atoms with E-state index in [1.807, 2.05) is 72.8 Å². The molecule has 13 atom stereocenters. The Bertz CT molecular complexity index is 4730. The summed E-state index contributed by atoms with van der Waals surface area (Å²) in [6.07, 6.45) is 15.9. The summed E-state index contributed by atoms with van der Waals surface area (Å²) in [4.78, 5) is 108. The minimum atomic E-state index is -5.33. The summed E-state index contributed by atoms with van der Waals surface area (Å²) < 4.78 is 112. The molecule has 0 saturated carbocycles. The molecule has 822 valence electrons. The number of unbranched alkanes of at least 4 members (excludes halogenated alkanes) is 34. The normalized spacial score (nSPS) is 18.3. The van der Waals surface area contributed by atoms with Crippen LogP contribution in [0.3, 0.4) is 0 Å². The maximum Gasteiger partial charge on any atom is 0.588 e. The van der Waals surface area contributed by atoms with Crippen LogP contribution < -0.4 is 19.7 Å². The number of amides is 2. The Balaban J connectivity index is 1.17. The molecular formula is C119H166Cl3N2O24P. The summed E-state index contributed by atoms with van der Waals surface area (Å²) in [7, 11) is -5.33. The largest absolute Gasteiger partial charge is 0.588 e. The third-order valence-electron chi connectivity index (χ3n) is 26.7. The fraction of sp³-hybridized carbons (Fsp3) is 0.588. The molecule has 2 saturated heterocycles. The molecule has 3 N–H and O–H groups in total. The Morgan fingerprint density at radius 3 is 1.20 bits per heavy atom. The van der Waals surface area contributed by atoms with Gasteiger partial charge in [-0.1, -0.05) is 482 Å². The number of alkyl carbamates (subject to hydrolysis) is 1. The number of alkyl halides is 3. The second-order valence-corrected chi connectivity index (χ2v) is 43.3. The summed E-state index contributed by atoms with van der Waals surface area (Å²) in [5, 5.41) is 19.5. The number of nitrogens with one attached hydrogen (secondary N) is 2. The highest BCUT2D eigenvalue weighted by Crippen LogP contribution is 2.53. The molecule has 2 aliphatic heterocycles. The van der Waals surface area contributed by atoms with E-state index in [4.69, 9.17) is 105 Å². The van der Waals surface area contributed by atoms with E-state index in [1.54, 1.807) is 115 Å². The van der Waals surface area contributed by atoms with Gasteiger partial charge in [0.15, 0.2) is 30.7 Å². The zero-order chi connectivity index (χ0) is 106. The second-order valence-electron chi connectivity index (χ2n) is 39.3. The van der Waals surface area contributed by atoms with Gasteiger partial charge in [-0.15, -0.1) is 0 Å². The van der Waals surface area contributed by atoms with Gasteiger partial charge in [-0.2, -0.15) is 0 Å². The molecule has 2 aliphatic rings. The fourth-order valence-corrected chi connectivity index (χ4v) is 20.1. The fourth-order valence-electron chi connectivity index (χ4n) is 18.5. The van der Waals surface area contributed by atoms with Gasteiger partial charge in [0.05, 0.1) is 51.3 Å². The van der Waals surface area contributed by atoms with Crippen molar-refractivity contribution in [1.82, 2.24) is 10.6 Å². The van der Waals surface area contributed by atoms with Crippen LogP contribution in [0.2, 0.25) is 0 Å². The van der Waals surface area contributed by atoms with Gasteiger partial charge in [0.2, 0.25) is 9.70 Å². The van der Waals surface area contributed by atoms with Crippen molar-refractivity contribution in [2.45, 2.75) is 426 Å². The number of hydrogen-bond donors (Lipinski definition) is 3. The van der Waals surface area contributed by atoms with Gasteiger partial charge < -0.3 is 81.6 Å². The van der Waals surface area contributed by atoms with Gasteiger partial charge in [-0.25, -0.2) is 18.9 Å². The Kier molecular flexibility index (Phi) is 60.6. The molecule has 2 heterocycles. The second kappa shape index (κ2) is 73.2. The Morgan fingerprint density at radius 2 is 0.765 bits per heavy atom. The zero-order valence-corrected chi connectivity index (χ0v) is 91.4. The lowest BCUT2D eigenvalue weighted by molar-refractivity contribution is -0.286. The van der Waals surface area contributed by atoms with Crippen LogP contribution in [0.25, 0.3) is 0 Å². The highest BCUT2D eigenvalue weighted by atomic mass is 35.6. The minimum Gasteiger partial charge on any atom is -0.462 e. The van der Waals surface area contributed by atoms with Crippen molar-refractivity contribution in [3.63, 3.8) is 0 Å². The highest BCUT2D eigenvalue weighted by Gasteiger charge is 2.57. The molecular weight excluding hydrogens is 1980 g/mol. The number of esters is 4. The predicted octanol–water partition coefficient (Wildman–Crippen LogP) is 28.7. The van der Waals surface area contributed by atoms with Gasteiger partial charge >= 0.3 is 43.9 Å².